The zero-order chi connectivity index (χ0) is 13.7. The van der Waals surface area contributed by atoms with Crippen molar-refractivity contribution in [3.63, 3.8) is 0 Å². The lowest BCUT2D eigenvalue weighted by atomic mass is 10.2. The Bertz CT molecular complexity index is 373. The fraction of sp³-hybridized carbons (Fsp3) is 0.846. The van der Waals surface area contributed by atoms with Gasteiger partial charge in [0.05, 0.1) is 6.54 Å². The largest absolute Gasteiger partial charge is 0.314 e. The first-order valence-electron chi connectivity index (χ1n) is 7.09. The predicted molar refractivity (Wildman–Crippen MR) is 79.6 cm³/mol. The summed E-state index contributed by atoms with van der Waals surface area (Å²) in [4.78, 5) is 4.86. The molecular weight excluding hydrogens is 258 g/mol. The van der Waals surface area contributed by atoms with Crippen LogP contribution >= 0.6 is 11.3 Å². The highest BCUT2D eigenvalue weighted by molar-refractivity contribution is 7.11. The van der Waals surface area contributed by atoms with Crippen molar-refractivity contribution in [1.29, 1.82) is 0 Å². The molecule has 1 aromatic rings. The van der Waals surface area contributed by atoms with E-state index in [1.54, 1.807) is 11.3 Å². The monoisotopic (exact) mass is 283 g/mol. The summed E-state index contributed by atoms with van der Waals surface area (Å²) in [5, 5.41) is 14.2. The third-order valence-corrected chi connectivity index (χ3v) is 4.60. The molecule has 0 amide bonds. The van der Waals surface area contributed by atoms with Crippen molar-refractivity contribution in [3.05, 3.63) is 10.0 Å². The van der Waals surface area contributed by atoms with Crippen LogP contribution in [0.25, 0.3) is 0 Å². The highest BCUT2D eigenvalue weighted by Crippen LogP contribution is 2.19. The van der Waals surface area contributed by atoms with E-state index in [-0.39, 0.29) is 0 Å². The van der Waals surface area contributed by atoms with Crippen LogP contribution in [-0.4, -0.2) is 66.3 Å². The summed E-state index contributed by atoms with van der Waals surface area (Å²) >= 11 is 1.74. The zero-order valence-electron chi connectivity index (χ0n) is 12.2. The van der Waals surface area contributed by atoms with Crippen molar-refractivity contribution in [3.8, 4) is 0 Å². The molecule has 0 radical (unpaired) electrons. The van der Waals surface area contributed by atoms with Gasteiger partial charge in [0.1, 0.15) is 10.0 Å². The van der Waals surface area contributed by atoms with Gasteiger partial charge >= 0.3 is 0 Å². The Morgan fingerprint density at radius 2 is 2.05 bits per heavy atom. The number of nitrogens with zero attached hydrogens (tertiary/aromatic N) is 4. The Hall–Kier alpha value is -0.560. The lowest BCUT2D eigenvalue weighted by molar-refractivity contribution is 0.202. The summed E-state index contributed by atoms with van der Waals surface area (Å²) in [6, 6.07) is 0. The van der Waals surface area contributed by atoms with Crippen LogP contribution in [0.15, 0.2) is 0 Å². The maximum Gasteiger partial charge on any atom is 0.131 e. The van der Waals surface area contributed by atoms with Gasteiger partial charge in [-0.2, -0.15) is 0 Å². The predicted octanol–water partition coefficient (Wildman–Crippen LogP) is 0.999. The molecule has 2 heterocycles. The molecule has 0 spiro atoms. The van der Waals surface area contributed by atoms with E-state index in [0.717, 1.165) is 42.7 Å². The maximum absolute atomic E-state index is 4.28. The minimum Gasteiger partial charge on any atom is -0.314 e. The third kappa shape index (κ3) is 4.80. The number of rotatable bonds is 6. The molecule has 0 aromatic carbocycles. The lowest BCUT2D eigenvalue weighted by Gasteiger charge is -2.28. The summed E-state index contributed by atoms with van der Waals surface area (Å²) in [5.41, 5.74) is 0. The van der Waals surface area contributed by atoms with Crippen LogP contribution in [0.1, 0.15) is 29.8 Å². The Kier molecular flexibility index (Phi) is 5.69. The Balaban J connectivity index is 1.72. The van der Waals surface area contributed by atoms with Crippen LogP contribution in [0.3, 0.4) is 0 Å². The third-order valence-electron chi connectivity index (χ3n) is 3.39. The molecule has 1 aliphatic rings. The molecule has 0 aliphatic carbocycles. The van der Waals surface area contributed by atoms with Crippen LogP contribution in [-0.2, 0) is 6.54 Å². The van der Waals surface area contributed by atoms with Gasteiger partial charge in [0.2, 0.25) is 0 Å². The van der Waals surface area contributed by atoms with E-state index < -0.39 is 0 Å². The lowest BCUT2D eigenvalue weighted by Crippen LogP contribution is -2.45. The molecule has 108 valence electrons. The van der Waals surface area contributed by atoms with Gasteiger partial charge in [-0.25, -0.2) is 0 Å². The minimum atomic E-state index is 0.484. The van der Waals surface area contributed by atoms with E-state index in [1.807, 2.05) is 0 Å². The van der Waals surface area contributed by atoms with Crippen molar-refractivity contribution < 1.29 is 0 Å². The van der Waals surface area contributed by atoms with E-state index >= 15 is 0 Å². The normalized spacial score (nSPS) is 17.5. The van der Waals surface area contributed by atoms with E-state index in [4.69, 9.17) is 0 Å². The van der Waals surface area contributed by atoms with Crippen molar-refractivity contribution in [2.75, 3.05) is 46.3 Å². The van der Waals surface area contributed by atoms with Crippen LogP contribution in [0.4, 0.5) is 0 Å². The number of hydrogen-bond acceptors (Lipinski definition) is 6. The fourth-order valence-electron chi connectivity index (χ4n) is 2.12. The highest BCUT2D eigenvalue weighted by atomic mass is 32.1. The molecule has 1 N–H and O–H groups in total. The average Bonchev–Trinajstić information content (AvgIpc) is 2.86. The van der Waals surface area contributed by atoms with E-state index in [2.05, 4.69) is 46.2 Å². The first-order chi connectivity index (χ1) is 9.15. The van der Waals surface area contributed by atoms with Crippen molar-refractivity contribution in [1.82, 2.24) is 25.3 Å². The minimum absolute atomic E-state index is 0.484. The molecule has 0 atom stereocenters. The van der Waals surface area contributed by atoms with E-state index in [9.17, 15) is 0 Å². The van der Waals surface area contributed by atoms with Crippen molar-refractivity contribution in [2.45, 2.75) is 26.3 Å². The molecule has 1 saturated heterocycles. The maximum atomic E-state index is 4.28. The average molecular weight is 283 g/mol. The zero-order valence-corrected chi connectivity index (χ0v) is 13.0. The molecule has 0 bridgehead atoms. The van der Waals surface area contributed by atoms with Gasteiger partial charge in [-0.15, -0.1) is 10.2 Å². The number of hydrogen-bond donors (Lipinski definition) is 1. The first kappa shape index (κ1) is 14.8. The van der Waals surface area contributed by atoms with Gasteiger partial charge < -0.3 is 5.32 Å². The molecule has 6 heteroatoms. The molecular formula is C13H25N5S. The Morgan fingerprint density at radius 1 is 1.32 bits per heavy atom. The second kappa shape index (κ2) is 7.28. The number of likely N-dealkylation sites (N-methyl/N-ethyl adjacent to an activating group) is 1. The van der Waals surface area contributed by atoms with Crippen molar-refractivity contribution >= 4 is 11.3 Å². The van der Waals surface area contributed by atoms with Gasteiger partial charge in [0.25, 0.3) is 0 Å². The van der Waals surface area contributed by atoms with E-state index in [1.165, 1.54) is 13.1 Å². The highest BCUT2D eigenvalue weighted by Gasteiger charge is 2.12. The summed E-state index contributed by atoms with van der Waals surface area (Å²) in [5.74, 6) is 0.484. The fourth-order valence-corrected chi connectivity index (χ4v) is 3.05. The van der Waals surface area contributed by atoms with Crippen LogP contribution in [0, 0.1) is 0 Å². The molecule has 1 aromatic heterocycles. The quantitative estimate of drug-likeness (QED) is 0.844. The second-order valence-electron chi connectivity index (χ2n) is 5.52. The van der Waals surface area contributed by atoms with Gasteiger partial charge in [-0.05, 0) is 7.05 Å². The topological polar surface area (TPSA) is 44.3 Å². The molecule has 19 heavy (non-hydrogen) atoms. The van der Waals surface area contributed by atoms with Crippen LogP contribution in [0.5, 0.6) is 0 Å². The molecule has 1 aliphatic heterocycles. The van der Waals surface area contributed by atoms with Gasteiger partial charge in [0, 0.05) is 45.2 Å². The summed E-state index contributed by atoms with van der Waals surface area (Å²) in [7, 11) is 2.17. The summed E-state index contributed by atoms with van der Waals surface area (Å²) < 4.78 is 0. The SMILES string of the molecule is CC(C)c1nnc(CN(C)CCN2CCNCC2)s1. The van der Waals surface area contributed by atoms with E-state index in [0.29, 0.717) is 5.92 Å². The smallest absolute Gasteiger partial charge is 0.131 e. The van der Waals surface area contributed by atoms with Crippen LogP contribution in [0.2, 0.25) is 0 Å². The first-order valence-corrected chi connectivity index (χ1v) is 7.90. The summed E-state index contributed by atoms with van der Waals surface area (Å²) in [6.07, 6.45) is 0. The Labute approximate surface area is 120 Å². The molecule has 2 rings (SSSR count). The van der Waals surface area contributed by atoms with Gasteiger partial charge in [-0.1, -0.05) is 25.2 Å². The Morgan fingerprint density at radius 3 is 2.68 bits per heavy atom. The number of nitrogens with one attached hydrogen (secondary N) is 1. The molecule has 0 unspecified atom stereocenters. The van der Waals surface area contributed by atoms with Gasteiger partial charge in [-0.3, -0.25) is 9.80 Å². The number of aromatic nitrogens is 2. The molecule has 1 fully saturated rings. The standard InChI is InChI=1S/C13H25N5S/c1-11(2)13-16-15-12(19-13)10-17(3)8-9-18-6-4-14-5-7-18/h11,14H,4-10H2,1-3H3. The second-order valence-corrected chi connectivity index (χ2v) is 6.61. The van der Waals surface area contributed by atoms with Crippen LogP contribution < -0.4 is 5.32 Å². The molecule has 0 saturated carbocycles. The van der Waals surface area contributed by atoms with Crippen molar-refractivity contribution in [2.24, 2.45) is 0 Å². The summed E-state index contributed by atoms with van der Waals surface area (Å²) in [6.45, 7) is 12.1. The van der Waals surface area contributed by atoms with Gasteiger partial charge in [0.15, 0.2) is 0 Å². The molecule has 5 nitrogen and oxygen atoms in total. The number of piperazine rings is 1.